The summed E-state index contributed by atoms with van der Waals surface area (Å²) in [6, 6.07) is 1.16. The fourth-order valence-electron chi connectivity index (χ4n) is 2.70. The Morgan fingerprint density at radius 3 is 2.46 bits per heavy atom. The molecular formula is C13H19N2O8P. The standard InChI is InChI=1S/C13H19N2O8P/c1-7(6-24(18,19)20)9-10(21-2)11(22-3)12(23-9)15-5-4-8(16)14-13(15)17/h4-6,9-12H,1-3H3,(H,14,16,17)(H2,18,19,20)/b7-6+. The molecule has 2 rings (SSSR count). The molecule has 1 saturated heterocycles. The predicted molar refractivity (Wildman–Crippen MR) is 82.6 cm³/mol. The Balaban J connectivity index is 2.44. The molecular weight excluding hydrogens is 343 g/mol. The Morgan fingerprint density at radius 1 is 1.33 bits per heavy atom. The number of aromatic amines is 1. The van der Waals surface area contributed by atoms with E-state index in [-0.39, 0.29) is 5.57 Å². The summed E-state index contributed by atoms with van der Waals surface area (Å²) in [5.41, 5.74) is -1.00. The van der Waals surface area contributed by atoms with E-state index in [2.05, 4.69) is 4.98 Å². The maximum absolute atomic E-state index is 12.0. The molecule has 0 bridgehead atoms. The van der Waals surface area contributed by atoms with Gasteiger partial charge in [0.25, 0.3) is 5.56 Å². The van der Waals surface area contributed by atoms with Gasteiger partial charge in [0.05, 0.1) is 0 Å². The van der Waals surface area contributed by atoms with Gasteiger partial charge < -0.3 is 24.0 Å². The molecule has 0 spiro atoms. The van der Waals surface area contributed by atoms with Crippen LogP contribution in [0.25, 0.3) is 0 Å². The van der Waals surface area contributed by atoms with Crippen molar-refractivity contribution in [2.45, 2.75) is 31.5 Å². The van der Waals surface area contributed by atoms with E-state index in [0.717, 1.165) is 16.5 Å². The number of ether oxygens (including phenoxy) is 3. The lowest BCUT2D eigenvalue weighted by molar-refractivity contribution is -0.0539. The molecule has 11 heteroatoms. The zero-order valence-electron chi connectivity index (χ0n) is 13.3. The van der Waals surface area contributed by atoms with Gasteiger partial charge in [-0.25, -0.2) is 4.79 Å². The highest BCUT2D eigenvalue weighted by molar-refractivity contribution is 7.55. The molecule has 1 aliphatic rings. The van der Waals surface area contributed by atoms with Gasteiger partial charge in [-0.05, 0) is 12.5 Å². The number of aromatic nitrogens is 2. The highest BCUT2D eigenvalue weighted by Gasteiger charge is 2.47. The van der Waals surface area contributed by atoms with Crippen LogP contribution in [-0.2, 0) is 18.8 Å². The molecule has 0 radical (unpaired) electrons. The van der Waals surface area contributed by atoms with Crippen LogP contribution in [-0.4, -0.2) is 51.9 Å². The summed E-state index contributed by atoms with van der Waals surface area (Å²) >= 11 is 0. The second-order valence-corrected chi connectivity index (χ2v) is 6.76. The van der Waals surface area contributed by atoms with Crippen LogP contribution in [0.3, 0.4) is 0 Å². The lowest BCUT2D eigenvalue weighted by Gasteiger charge is -2.22. The number of hydrogen-bond donors (Lipinski definition) is 3. The van der Waals surface area contributed by atoms with Crippen molar-refractivity contribution in [1.29, 1.82) is 0 Å². The van der Waals surface area contributed by atoms with Crippen LogP contribution in [0.2, 0.25) is 0 Å². The molecule has 134 valence electrons. The van der Waals surface area contributed by atoms with E-state index in [1.807, 2.05) is 0 Å². The third-order valence-corrected chi connectivity index (χ3v) is 4.42. The van der Waals surface area contributed by atoms with Crippen LogP contribution < -0.4 is 11.2 Å². The molecule has 2 heterocycles. The topological polar surface area (TPSA) is 140 Å². The molecule has 3 N–H and O–H groups in total. The maximum Gasteiger partial charge on any atom is 0.349 e. The van der Waals surface area contributed by atoms with E-state index in [9.17, 15) is 14.2 Å². The minimum absolute atomic E-state index is 0.247. The molecule has 10 nitrogen and oxygen atoms in total. The van der Waals surface area contributed by atoms with Crippen molar-refractivity contribution in [3.63, 3.8) is 0 Å². The van der Waals surface area contributed by atoms with E-state index in [4.69, 9.17) is 24.0 Å². The molecule has 1 aromatic rings. The fourth-order valence-corrected chi connectivity index (χ4v) is 3.38. The third kappa shape index (κ3) is 3.92. The number of nitrogens with zero attached hydrogens (tertiary/aromatic N) is 1. The third-order valence-electron chi connectivity index (χ3n) is 3.68. The highest BCUT2D eigenvalue weighted by atomic mass is 31.2. The molecule has 0 aliphatic carbocycles. The number of rotatable bonds is 5. The molecule has 4 atom stereocenters. The van der Waals surface area contributed by atoms with E-state index < -0.39 is 43.4 Å². The highest BCUT2D eigenvalue weighted by Crippen LogP contribution is 2.42. The summed E-state index contributed by atoms with van der Waals surface area (Å²) < 4.78 is 28.8. The molecule has 24 heavy (non-hydrogen) atoms. The van der Waals surface area contributed by atoms with Crippen molar-refractivity contribution in [3.05, 3.63) is 44.5 Å². The molecule has 0 saturated carbocycles. The number of hydrogen-bond acceptors (Lipinski definition) is 6. The minimum atomic E-state index is -4.40. The normalized spacial score (nSPS) is 28.3. The second-order valence-electron chi connectivity index (χ2n) is 5.33. The Kier molecular flexibility index (Phi) is 5.59. The smallest absolute Gasteiger partial charge is 0.349 e. The fraction of sp³-hybridized carbons (Fsp3) is 0.538. The number of H-pyrrole nitrogens is 1. The zero-order valence-corrected chi connectivity index (χ0v) is 14.2. The SMILES string of the molecule is COC1C(/C(C)=C/P(=O)(O)O)OC(n2ccc(=O)[nH]c2=O)C1OC. The van der Waals surface area contributed by atoms with E-state index >= 15 is 0 Å². The van der Waals surface area contributed by atoms with Crippen LogP contribution in [0.1, 0.15) is 13.2 Å². The van der Waals surface area contributed by atoms with E-state index in [1.54, 1.807) is 0 Å². The molecule has 1 aliphatic heterocycles. The summed E-state index contributed by atoms with van der Waals surface area (Å²) in [6.45, 7) is 1.49. The summed E-state index contributed by atoms with van der Waals surface area (Å²) in [6.07, 6.45) is -1.95. The van der Waals surface area contributed by atoms with E-state index in [0.29, 0.717) is 0 Å². The van der Waals surface area contributed by atoms with Crippen LogP contribution >= 0.6 is 7.60 Å². The lowest BCUT2D eigenvalue weighted by Crippen LogP contribution is -2.39. The molecule has 1 aromatic heterocycles. The van der Waals surface area contributed by atoms with Crippen LogP contribution in [0, 0.1) is 0 Å². The second kappa shape index (κ2) is 7.14. The van der Waals surface area contributed by atoms with Crippen molar-refractivity contribution in [1.82, 2.24) is 9.55 Å². The van der Waals surface area contributed by atoms with Gasteiger partial charge in [0.15, 0.2) is 6.23 Å². The van der Waals surface area contributed by atoms with Gasteiger partial charge in [-0.2, -0.15) is 0 Å². The zero-order chi connectivity index (χ0) is 18.1. The first kappa shape index (κ1) is 18.8. The quantitative estimate of drug-likeness (QED) is 0.598. The first-order chi connectivity index (χ1) is 11.2. The van der Waals surface area contributed by atoms with Crippen molar-refractivity contribution < 1.29 is 28.6 Å². The summed E-state index contributed by atoms with van der Waals surface area (Å²) in [7, 11) is -1.61. The molecule has 0 aromatic carbocycles. The Bertz CT molecular complexity index is 779. The van der Waals surface area contributed by atoms with Gasteiger partial charge in [0, 0.05) is 32.3 Å². The number of methoxy groups -OCH3 is 2. The van der Waals surface area contributed by atoms with Crippen molar-refractivity contribution in [2.24, 2.45) is 0 Å². The maximum atomic E-state index is 12.0. The predicted octanol–water partition coefficient (Wildman–Crippen LogP) is -0.454. The van der Waals surface area contributed by atoms with Gasteiger partial charge in [-0.1, -0.05) is 0 Å². The Morgan fingerprint density at radius 2 is 1.96 bits per heavy atom. The average Bonchev–Trinajstić information content (AvgIpc) is 2.83. The van der Waals surface area contributed by atoms with Gasteiger partial charge in [0.2, 0.25) is 0 Å². The first-order valence-electron chi connectivity index (χ1n) is 6.95. The molecule has 0 amide bonds. The van der Waals surface area contributed by atoms with Gasteiger partial charge in [-0.15, -0.1) is 0 Å². The van der Waals surface area contributed by atoms with Crippen molar-refractivity contribution >= 4 is 7.60 Å². The first-order valence-corrected chi connectivity index (χ1v) is 8.63. The van der Waals surface area contributed by atoms with Gasteiger partial charge in [-0.3, -0.25) is 18.9 Å². The average molecular weight is 362 g/mol. The Labute approximate surface area is 136 Å². The Hall–Kier alpha value is -1.55. The monoisotopic (exact) mass is 362 g/mol. The van der Waals surface area contributed by atoms with Gasteiger partial charge >= 0.3 is 13.3 Å². The summed E-state index contributed by atoms with van der Waals surface area (Å²) in [5, 5.41) is 0. The van der Waals surface area contributed by atoms with Crippen molar-refractivity contribution in [3.8, 4) is 0 Å². The molecule has 4 unspecified atom stereocenters. The van der Waals surface area contributed by atoms with Gasteiger partial charge in [0.1, 0.15) is 18.3 Å². The lowest BCUT2D eigenvalue weighted by atomic mass is 10.0. The largest absolute Gasteiger partial charge is 0.375 e. The van der Waals surface area contributed by atoms with E-state index in [1.165, 1.54) is 27.3 Å². The molecule has 1 fully saturated rings. The van der Waals surface area contributed by atoms with Crippen LogP contribution in [0.5, 0.6) is 0 Å². The van der Waals surface area contributed by atoms with Crippen LogP contribution in [0.4, 0.5) is 0 Å². The summed E-state index contributed by atoms with van der Waals surface area (Å²) in [4.78, 5) is 43.5. The minimum Gasteiger partial charge on any atom is -0.375 e. The number of nitrogens with one attached hydrogen (secondary N) is 1. The van der Waals surface area contributed by atoms with Crippen LogP contribution in [0.15, 0.2) is 33.2 Å². The summed E-state index contributed by atoms with van der Waals surface area (Å²) in [5.74, 6) is 0.786. The van der Waals surface area contributed by atoms with Crippen molar-refractivity contribution in [2.75, 3.05) is 14.2 Å².